The Morgan fingerprint density at radius 3 is 2.66 bits per heavy atom. The zero-order valence-corrected chi connectivity index (χ0v) is 18.0. The summed E-state index contributed by atoms with van der Waals surface area (Å²) in [6.45, 7) is 7.00. The molecule has 1 amide bonds. The van der Waals surface area contributed by atoms with E-state index in [4.69, 9.17) is 4.74 Å². The maximum Gasteiger partial charge on any atom is 0.261 e. The topological polar surface area (TPSA) is 75.7 Å². The van der Waals surface area contributed by atoms with Crippen LogP contribution in [0.15, 0.2) is 41.3 Å². The van der Waals surface area contributed by atoms with Crippen LogP contribution in [-0.4, -0.2) is 27.5 Å². The number of hydrogen-bond acceptors (Lipinski definition) is 4. The number of nitrogens with one attached hydrogen (secondary N) is 1. The Hall–Kier alpha value is -2.54. The van der Waals surface area contributed by atoms with Gasteiger partial charge >= 0.3 is 0 Å². The predicted octanol–water partition coefficient (Wildman–Crippen LogP) is 4.27. The number of rotatable bonds is 7. The highest BCUT2D eigenvalue weighted by Crippen LogP contribution is 2.31. The van der Waals surface area contributed by atoms with E-state index in [1.54, 1.807) is 29.2 Å². The first-order valence-corrected chi connectivity index (χ1v) is 11.5. The molecule has 0 atom stereocenters. The molecule has 29 heavy (non-hydrogen) atoms. The highest BCUT2D eigenvalue weighted by molar-refractivity contribution is 7.92. The van der Waals surface area contributed by atoms with Gasteiger partial charge in [-0.3, -0.25) is 9.52 Å². The summed E-state index contributed by atoms with van der Waals surface area (Å²) >= 11 is 0. The Balaban J connectivity index is 1.82. The molecule has 0 unspecified atom stereocenters. The molecule has 1 aliphatic heterocycles. The average molecular weight is 417 g/mol. The van der Waals surface area contributed by atoms with E-state index < -0.39 is 10.0 Å². The zero-order valence-electron chi connectivity index (χ0n) is 17.2. The van der Waals surface area contributed by atoms with Gasteiger partial charge in [-0.1, -0.05) is 13.8 Å². The van der Waals surface area contributed by atoms with Crippen molar-refractivity contribution in [1.82, 2.24) is 0 Å². The van der Waals surface area contributed by atoms with Gasteiger partial charge in [0.05, 0.1) is 11.5 Å². The SMILES string of the molecule is CCCOc1ccc(S(=O)(=O)Nc2ccc3c(c2)CCCN3C(=O)CC)cc1C. The van der Waals surface area contributed by atoms with Gasteiger partial charge in [-0.2, -0.15) is 0 Å². The molecule has 2 aromatic rings. The van der Waals surface area contributed by atoms with Gasteiger partial charge in [0.25, 0.3) is 10.0 Å². The molecule has 0 saturated heterocycles. The number of anilines is 2. The molecule has 3 rings (SSSR count). The van der Waals surface area contributed by atoms with Gasteiger partial charge in [-0.25, -0.2) is 8.42 Å². The summed E-state index contributed by atoms with van der Waals surface area (Å²) in [4.78, 5) is 14.1. The second-order valence-corrected chi connectivity index (χ2v) is 8.91. The molecule has 0 spiro atoms. The lowest BCUT2D eigenvalue weighted by Gasteiger charge is -2.29. The molecule has 0 bridgehead atoms. The van der Waals surface area contributed by atoms with Crippen molar-refractivity contribution in [2.75, 3.05) is 22.8 Å². The molecule has 0 fully saturated rings. The number of aryl methyl sites for hydroxylation is 2. The molecule has 0 aliphatic carbocycles. The van der Waals surface area contributed by atoms with Crippen molar-refractivity contribution in [2.24, 2.45) is 0 Å². The number of amides is 1. The molecule has 1 heterocycles. The minimum absolute atomic E-state index is 0.0835. The summed E-state index contributed by atoms with van der Waals surface area (Å²) in [5.74, 6) is 0.778. The summed E-state index contributed by atoms with van der Waals surface area (Å²) < 4.78 is 34.0. The van der Waals surface area contributed by atoms with Gasteiger partial charge in [0.2, 0.25) is 5.91 Å². The third-order valence-corrected chi connectivity index (χ3v) is 6.35. The van der Waals surface area contributed by atoms with E-state index in [0.29, 0.717) is 31.0 Å². The summed E-state index contributed by atoms with van der Waals surface area (Å²) in [7, 11) is -3.72. The van der Waals surface area contributed by atoms with Gasteiger partial charge in [0, 0.05) is 24.3 Å². The smallest absolute Gasteiger partial charge is 0.261 e. The Morgan fingerprint density at radius 2 is 1.97 bits per heavy atom. The van der Waals surface area contributed by atoms with Crippen LogP contribution < -0.4 is 14.4 Å². The molecular weight excluding hydrogens is 388 g/mol. The van der Waals surface area contributed by atoms with E-state index in [9.17, 15) is 13.2 Å². The van der Waals surface area contributed by atoms with Crippen molar-refractivity contribution in [3.05, 3.63) is 47.5 Å². The van der Waals surface area contributed by atoms with E-state index in [1.807, 2.05) is 32.9 Å². The van der Waals surface area contributed by atoms with Crippen LogP contribution in [0.3, 0.4) is 0 Å². The van der Waals surface area contributed by atoms with Crippen molar-refractivity contribution in [2.45, 2.75) is 51.3 Å². The number of benzene rings is 2. The minimum Gasteiger partial charge on any atom is -0.493 e. The average Bonchev–Trinajstić information content (AvgIpc) is 2.71. The minimum atomic E-state index is -3.72. The summed E-state index contributed by atoms with van der Waals surface area (Å²) in [6.07, 6.45) is 3.03. The highest BCUT2D eigenvalue weighted by atomic mass is 32.2. The number of hydrogen-bond donors (Lipinski definition) is 1. The molecule has 0 saturated carbocycles. The Bertz CT molecular complexity index is 1000. The summed E-state index contributed by atoms with van der Waals surface area (Å²) in [5, 5.41) is 0. The Morgan fingerprint density at radius 1 is 1.17 bits per heavy atom. The van der Waals surface area contributed by atoms with Crippen LogP contribution >= 0.6 is 0 Å². The fourth-order valence-corrected chi connectivity index (χ4v) is 4.62. The summed E-state index contributed by atoms with van der Waals surface area (Å²) in [6, 6.07) is 10.2. The van der Waals surface area contributed by atoms with Gasteiger partial charge in [-0.15, -0.1) is 0 Å². The van der Waals surface area contributed by atoms with Gasteiger partial charge in [0.1, 0.15) is 5.75 Å². The molecule has 156 valence electrons. The van der Waals surface area contributed by atoms with Crippen molar-refractivity contribution >= 4 is 27.3 Å². The van der Waals surface area contributed by atoms with Gasteiger partial charge in [-0.05, 0) is 73.7 Å². The molecule has 0 aromatic heterocycles. The number of sulfonamides is 1. The third kappa shape index (κ3) is 4.72. The Labute approximate surface area is 172 Å². The van der Waals surface area contributed by atoms with Gasteiger partial charge in [0.15, 0.2) is 0 Å². The first-order valence-electron chi connectivity index (χ1n) is 10.0. The summed E-state index contributed by atoms with van der Waals surface area (Å²) in [5.41, 5.74) is 3.14. The van der Waals surface area contributed by atoms with Crippen LogP contribution in [0.4, 0.5) is 11.4 Å². The van der Waals surface area contributed by atoms with Gasteiger partial charge < -0.3 is 9.64 Å². The van der Waals surface area contributed by atoms with Crippen LogP contribution in [0.5, 0.6) is 5.75 Å². The molecule has 1 N–H and O–H groups in total. The van der Waals surface area contributed by atoms with E-state index in [0.717, 1.165) is 36.1 Å². The fourth-order valence-electron chi connectivity index (χ4n) is 3.49. The first-order chi connectivity index (χ1) is 13.9. The Kier molecular flexibility index (Phi) is 6.47. The second-order valence-electron chi connectivity index (χ2n) is 7.23. The van der Waals surface area contributed by atoms with E-state index in [-0.39, 0.29) is 10.8 Å². The van der Waals surface area contributed by atoms with Crippen LogP contribution in [0.1, 0.15) is 44.2 Å². The number of fused-ring (bicyclic) bond motifs is 1. The van der Waals surface area contributed by atoms with E-state index in [1.165, 1.54) is 0 Å². The maximum absolute atomic E-state index is 12.8. The molecular formula is C22H28N2O4S. The number of ether oxygens (including phenoxy) is 1. The highest BCUT2D eigenvalue weighted by Gasteiger charge is 2.23. The zero-order chi connectivity index (χ0) is 21.0. The van der Waals surface area contributed by atoms with E-state index >= 15 is 0 Å². The van der Waals surface area contributed by atoms with Crippen LogP contribution in [0.2, 0.25) is 0 Å². The number of carbonyl (C=O) groups excluding carboxylic acids is 1. The molecule has 7 heteroatoms. The monoisotopic (exact) mass is 416 g/mol. The molecule has 6 nitrogen and oxygen atoms in total. The molecule has 0 radical (unpaired) electrons. The molecule has 1 aliphatic rings. The van der Waals surface area contributed by atoms with Crippen molar-refractivity contribution in [3.63, 3.8) is 0 Å². The molecule has 2 aromatic carbocycles. The fraction of sp³-hybridized carbons (Fsp3) is 0.409. The second kappa shape index (κ2) is 8.86. The van der Waals surface area contributed by atoms with Crippen molar-refractivity contribution in [3.8, 4) is 5.75 Å². The van der Waals surface area contributed by atoms with Crippen LogP contribution in [0.25, 0.3) is 0 Å². The van der Waals surface area contributed by atoms with Crippen LogP contribution in [-0.2, 0) is 21.2 Å². The standard InChI is InChI=1S/C22H28N2O4S/c1-4-13-28-21-11-9-19(14-16(21)3)29(26,27)23-18-8-10-20-17(15-18)7-6-12-24(20)22(25)5-2/h8-11,14-15,23H,4-7,12-13H2,1-3H3. The number of carbonyl (C=O) groups is 1. The van der Waals surface area contributed by atoms with Crippen molar-refractivity contribution in [1.29, 1.82) is 0 Å². The van der Waals surface area contributed by atoms with Crippen LogP contribution in [0, 0.1) is 6.92 Å². The lowest BCUT2D eigenvalue weighted by molar-refractivity contribution is -0.118. The third-order valence-electron chi connectivity index (χ3n) is 4.97. The van der Waals surface area contributed by atoms with Crippen molar-refractivity contribution < 1.29 is 17.9 Å². The van der Waals surface area contributed by atoms with E-state index in [2.05, 4.69) is 4.72 Å². The predicted molar refractivity (Wildman–Crippen MR) is 115 cm³/mol. The largest absolute Gasteiger partial charge is 0.493 e. The maximum atomic E-state index is 12.8. The normalized spacial score (nSPS) is 13.7. The first kappa shape index (κ1) is 21.2. The quantitative estimate of drug-likeness (QED) is 0.731. The number of nitrogens with zero attached hydrogens (tertiary/aromatic N) is 1. The lowest BCUT2D eigenvalue weighted by atomic mass is 10.0. The lowest BCUT2D eigenvalue weighted by Crippen LogP contribution is -2.34.